The zero-order valence-electron chi connectivity index (χ0n) is 9.36. The van der Waals surface area contributed by atoms with Gasteiger partial charge in [0.05, 0.1) is 5.56 Å². The fourth-order valence-electron chi connectivity index (χ4n) is 1.13. The summed E-state index contributed by atoms with van der Waals surface area (Å²) in [7, 11) is -4.81. The molecule has 0 aromatic heterocycles. The van der Waals surface area contributed by atoms with E-state index in [1.54, 1.807) is 12.1 Å². The minimum Gasteiger partial charge on any atom is -0.301 e. The van der Waals surface area contributed by atoms with Crippen LogP contribution in [0.15, 0.2) is 24.3 Å². The van der Waals surface area contributed by atoms with Crippen LogP contribution >= 0.6 is 7.82 Å². The summed E-state index contributed by atoms with van der Waals surface area (Å²) in [5, 5.41) is 0. The molecule has 0 aliphatic rings. The molecule has 0 bridgehead atoms. The molecule has 0 saturated carbocycles. The maximum absolute atomic E-state index is 11.3. The van der Waals surface area contributed by atoms with Gasteiger partial charge in [0, 0.05) is 0 Å². The first-order valence-corrected chi connectivity index (χ1v) is 6.39. The second-order valence-corrected chi connectivity index (χ2v) is 4.84. The number of phosphoric acid groups is 1. The van der Waals surface area contributed by atoms with Gasteiger partial charge in [-0.25, -0.2) is 9.36 Å². The summed E-state index contributed by atoms with van der Waals surface area (Å²) < 4.78 is 13.9. The number of carbonyl (C=O) groups is 1. The lowest BCUT2D eigenvalue weighted by molar-refractivity contribution is -0.166. The van der Waals surface area contributed by atoms with Crippen LogP contribution in [0, 0.1) is 0 Å². The minimum atomic E-state index is -4.81. The van der Waals surface area contributed by atoms with Crippen molar-refractivity contribution in [3.05, 3.63) is 35.4 Å². The largest absolute Gasteiger partial charge is 0.505 e. The Hall–Kier alpha value is -1.20. The van der Waals surface area contributed by atoms with E-state index in [0.717, 1.165) is 5.56 Å². The summed E-state index contributed by atoms with van der Waals surface area (Å²) in [6.07, 6.45) is 0. The molecule has 2 N–H and O–H groups in total. The van der Waals surface area contributed by atoms with Gasteiger partial charge in [-0.15, -0.1) is 0 Å². The van der Waals surface area contributed by atoms with Gasteiger partial charge in [0.1, 0.15) is 0 Å². The van der Waals surface area contributed by atoms with Crippen LogP contribution in [0.3, 0.4) is 0 Å². The zero-order chi connectivity index (χ0) is 13.1. The molecule has 0 saturated heterocycles. The first-order chi connectivity index (χ1) is 7.79. The molecule has 1 aromatic carbocycles. The van der Waals surface area contributed by atoms with Gasteiger partial charge < -0.3 is 9.79 Å². The van der Waals surface area contributed by atoms with Crippen LogP contribution in [0.4, 0.5) is 0 Å². The highest BCUT2D eigenvalue weighted by Crippen LogP contribution is 2.36. The highest BCUT2D eigenvalue weighted by atomic mass is 31.2. The lowest BCUT2D eigenvalue weighted by Crippen LogP contribution is -2.05. The third kappa shape index (κ3) is 4.66. The van der Waals surface area contributed by atoms with E-state index in [1.807, 2.05) is 13.8 Å². The topological polar surface area (TPSA) is 93.1 Å². The maximum Gasteiger partial charge on any atom is 0.505 e. The standard InChI is InChI=1S/C10H13O6P/c1-7(2)8-3-5-9(6-4-8)10(11)15-16-17(12,13)14/h3-7H,1-2H3,(H2,12,13,14). The van der Waals surface area contributed by atoms with Gasteiger partial charge in [-0.2, -0.15) is 0 Å². The molecule has 0 radical (unpaired) electrons. The Labute approximate surface area is 98.3 Å². The van der Waals surface area contributed by atoms with Crippen LogP contribution < -0.4 is 0 Å². The molecule has 0 aliphatic heterocycles. The van der Waals surface area contributed by atoms with E-state index >= 15 is 0 Å². The third-order valence-corrected chi connectivity index (χ3v) is 2.29. The van der Waals surface area contributed by atoms with Gasteiger partial charge in [-0.1, -0.05) is 30.7 Å². The minimum absolute atomic E-state index is 0.155. The van der Waals surface area contributed by atoms with Gasteiger partial charge in [0.2, 0.25) is 0 Å². The molecule has 0 atom stereocenters. The molecular formula is C10H13O6P. The van der Waals surface area contributed by atoms with Crippen LogP contribution in [0.25, 0.3) is 0 Å². The van der Waals surface area contributed by atoms with Gasteiger partial charge >= 0.3 is 13.8 Å². The van der Waals surface area contributed by atoms with Crippen LogP contribution in [-0.2, 0) is 14.1 Å². The molecule has 94 valence electrons. The van der Waals surface area contributed by atoms with E-state index in [1.165, 1.54) is 12.1 Å². The number of hydrogen-bond donors (Lipinski definition) is 2. The fraction of sp³-hybridized carbons (Fsp3) is 0.300. The van der Waals surface area contributed by atoms with E-state index in [2.05, 4.69) is 9.56 Å². The van der Waals surface area contributed by atoms with Crippen molar-refractivity contribution in [3.63, 3.8) is 0 Å². The molecule has 6 nitrogen and oxygen atoms in total. The molecule has 0 spiro atoms. The maximum atomic E-state index is 11.3. The zero-order valence-corrected chi connectivity index (χ0v) is 10.3. The van der Waals surface area contributed by atoms with Gasteiger partial charge in [0.15, 0.2) is 0 Å². The van der Waals surface area contributed by atoms with Crippen molar-refractivity contribution < 1.29 is 28.7 Å². The Morgan fingerprint density at radius 1 is 1.24 bits per heavy atom. The summed E-state index contributed by atoms with van der Waals surface area (Å²) in [5.74, 6) is -0.630. The van der Waals surface area contributed by atoms with Crippen LogP contribution in [0.2, 0.25) is 0 Å². The molecule has 7 heteroatoms. The van der Waals surface area contributed by atoms with Crippen molar-refractivity contribution in [1.29, 1.82) is 0 Å². The van der Waals surface area contributed by atoms with Gasteiger partial charge in [0.25, 0.3) is 0 Å². The summed E-state index contributed by atoms with van der Waals surface area (Å²) in [6, 6.07) is 6.47. The second-order valence-electron chi connectivity index (χ2n) is 3.71. The number of benzene rings is 1. The Kier molecular flexibility index (Phi) is 4.42. The number of rotatable bonds is 4. The first kappa shape index (κ1) is 13.9. The molecule has 0 amide bonds. The highest BCUT2D eigenvalue weighted by molar-refractivity contribution is 7.46. The Morgan fingerprint density at radius 3 is 2.18 bits per heavy atom. The predicted molar refractivity (Wildman–Crippen MR) is 59.1 cm³/mol. The Balaban J connectivity index is 2.67. The lowest BCUT2D eigenvalue weighted by Gasteiger charge is -2.06. The van der Waals surface area contributed by atoms with E-state index in [4.69, 9.17) is 9.79 Å². The van der Waals surface area contributed by atoms with Gasteiger partial charge in [-0.05, 0) is 23.6 Å². The normalized spacial score (nSPS) is 11.6. The SMILES string of the molecule is CC(C)c1ccc(C(=O)OOP(=O)(O)O)cc1. The smallest absolute Gasteiger partial charge is 0.301 e. The average molecular weight is 260 g/mol. The van der Waals surface area contributed by atoms with E-state index in [-0.39, 0.29) is 5.56 Å². The van der Waals surface area contributed by atoms with E-state index in [9.17, 15) is 9.36 Å². The van der Waals surface area contributed by atoms with Crippen molar-refractivity contribution in [2.45, 2.75) is 19.8 Å². The van der Waals surface area contributed by atoms with Crippen molar-refractivity contribution >= 4 is 13.8 Å². The number of hydrogen-bond acceptors (Lipinski definition) is 4. The molecule has 17 heavy (non-hydrogen) atoms. The van der Waals surface area contributed by atoms with Crippen LogP contribution in [0.1, 0.15) is 35.7 Å². The van der Waals surface area contributed by atoms with E-state index < -0.39 is 13.8 Å². The molecule has 1 rings (SSSR count). The van der Waals surface area contributed by atoms with E-state index in [0.29, 0.717) is 5.92 Å². The van der Waals surface area contributed by atoms with Crippen molar-refractivity contribution in [2.24, 2.45) is 0 Å². The molecule has 1 aromatic rings. The first-order valence-electron chi connectivity index (χ1n) is 4.85. The molecule has 0 heterocycles. The third-order valence-electron chi connectivity index (χ3n) is 2.02. The predicted octanol–water partition coefficient (Wildman–Crippen LogP) is 1.99. The summed E-state index contributed by atoms with van der Waals surface area (Å²) in [5.41, 5.74) is 1.19. The lowest BCUT2D eigenvalue weighted by atomic mass is 10.0. The van der Waals surface area contributed by atoms with Crippen LogP contribution in [-0.4, -0.2) is 15.8 Å². The summed E-state index contributed by atoms with van der Waals surface area (Å²) >= 11 is 0. The molecular weight excluding hydrogens is 247 g/mol. The highest BCUT2D eigenvalue weighted by Gasteiger charge is 2.19. The monoisotopic (exact) mass is 260 g/mol. The van der Waals surface area contributed by atoms with Crippen molar-refractivity contribution in [3.8, 4) is 0 Å². The Bertz CT molecular complexity index is 433. The quantitative estimate of drug-likeness (QED) is 0.488. The fourth-order valence-corrected chi connectivity index (χ4v) is 1.30. The van der Waals surface area contributed by atoms with Gasteiger partial charge in [-0.3, -0.25) is 4.89 Å². The van der Waals surface area contributed by atoms with Crippen molar-refractivity contribution in [1.82, 2.24) is 0 Å². The number of carbonyl (C=O) groups excluding carboxylic acids is 1. The van der Waals surface area contributed by atoms with Crippen LogP contribution in [0.5, 0.6) is 0 Å². The molecule has 0 fully saturated rings. The van der Waals surface area contributed by atoms with Crippen molar-refractivity contribution in [2.75, 3.05) is 0 Å². The molecule has 0 unspecified atom stereocenters. The summed E-state index contributed by atoms with van der Waals surface area (Å²) in [4.78, 5) is 32.0. The second kappa shape index (κ2) is 5.42. The molecule has 0 aliphatic carbocycles. The summed E-state index contributed by atoms with van der Waals surface area (Å²) in [6.45, 7) is 4.01. The Morgan fingerprint density at radius 2 is 1.76 bits per heavy atom. The average Bonchev–Trinajstić information content (AvgIpc) is 2.25.